The van der Waals surface area contributed by atoms with E-state index in [-0.39, 0.29) is 5.91 Å². The second-order valence-electron chi connectivity index (χ2n) is 6.90. The molecule has 1 aromatic carbocycles. The van der Waals surface area contributed by atoms with E-state index in [9.17, 15) is 4.79 Å². The topological polar surface area (TPSA) is 67.4 Å². The molecule has 3 aromatic rings. The first-order chi connectivity index (χ1) is 14.2. The lowest BCUT2D eigenvalue weighted by molar-refractivity contribution is -0.130. The SMILES string of the molecule is O=C(CSc1nncn1Cc1ccco1)N1CCN(Cc2cccc(Cl)c2)CC1. The number of carbonyl (C=O) groups is 1. The molecule has 4 rings (SSSR count). The number of nitrogens with zero attached hydrogens (tertiary/aromatic N) is 5. The lowest BCUT2D eigenvalue weighted by Crippen LogP contribution is -2.48. The van der Waals surface area contributed by atoms with Gasteiger partial charge in [-0.2, -0.15) is 0 Å². The van der Waals surface area contributed by atoms with Gasteiger partial charge in [0.1, 0.15) is 12.1 Å². The first kappa shape index (κ1) is 20.0. The second-order valence-corrected chi connectivity index (χ2v) is 8.28. The Morgan fingerprint density at radius 2 is 2.00 bits per heavy atom. The van der Waals surface area contributed by atoms with Crippen LogP contribution in [0.1, 0.15) is 11.3 Å². The third-order valence-corrected chi connectivity index (χ3v) is 6.03. The molecule has 0 atom stereocenters. The van der Waals surface area contributed by atoms with Gasteiger partial charge in [0, 0.05) is 37.7 Å². The Balaban J connectivity index is 1.24. The molecule has 1 fully saturated rings. The van der Waals surface area contributed by atoms with Crippen molar-refractivity contribution in [2.75, 3.05) is 31.9 Å². The van der Waals surface area contributed by atoms with Crippen LogP contribution in [-0.4, -0.2) is 62.4 Å². The highest BCUT2D eigenvalue weighted by molar-refractivity contribution is 7.99. The maximum absolute atomic E-state index is 12.6. The van der Waals surface area contributed by atoms with Crippen LogP contribution in [0.2, 0.25) is 5.02 Å². The largest absolute Gasteiger partial charge is 0.467 e. The number of piperazine rings is 1. The van der Waals surface area contributed by atoms with Crippen molar-refractivity contribution in [2.45, 2.75) is 18.2 Å². The molecule has 7 nitrogen and oxygen atoms in total. The van der Waals surface area contributed by atoms with Crippen LogP contribution in [0, 0.1) is 0 Å². The zero-order valence-electron chi connectivity index (χ0n) is 15.9. The number of hydrogen-bond acceptors (Lipinski definition) is 6. The summed E-state index contributed by atoms with van der Waals surface area (Å²) in [5.74, 6) is 1.31. The van der Waals surface area contributed by atoms with Gasteiger partial charge in [0.2, 0.25) is 5.91 Å². The number of carbonyl (C=O) groups excluding carboxylic acids is 1. The molecule has 0 radical (unpaired) electrons. The summed E-state index contributed by atoms with van der Waals surface area (Å²) in [6.07, 6.45) is 3.30. The molecular weight excluding hydrogens is 410 g/mol. The van der Waals surface area contributed by atoms with Crippen LogP contribution in [0.3, 0.4) is 0 Å². The number of amides is 1. The number of rotatable bonds is 7. The fraction of sp³-hybridized carbons (Fsp3) is 0.350. The molecule has 2 aromatic heterocycles. The van der Waals surface area contributed by atoms with Gasteiger partial charge in [-0.05, 0) is 29.8 Å². The van der Waals surface area contributed by atoms with Crippen LogP contribution in [0.15, 0.2) is 58.6 Å². The standard InChI is InChI=1S/C20H22ClN5O2S/c21-17-4-1-3-16(11-17)12-24-6-8-25(9-7-24)19(27)14-29-20-23-22-15-26(20)13-18-5-2-10-28-18/h1-5,10-11,15H,6-9,12-14H2. The summed E-state index contributed by atoms with van der Waals surface area (Å²) in [6.45, 7) is 4.60. The van der Waals surface area contributed by atoms with Crippen molar-refractivity contribution in [1.29, 1.82) is 0 Å². The predicted molar refractivity (Wildman–Crippen MR) is 112 cm³/mol. The fourth-order valence-corrected chi connectivity index (χ4v) is 4.33. The van der Waals surface area contributed by atoms with Crippen LogP contribution in [-0.2, 0) is 17.9 Å². The number of furan rings is 1. The summed E-state index contributed by atoms with van der Waals surface area (Å²) in [6, 6.07) is 11.7. The van der Waals surface area contributed by atoms with Gasteiger partial charge in [-0.25, -0.2) is 0 Å². The summed E-state index contributed by atoms with van der Waals surface area (Å²) in [4.78, 5) is 16.9. The smallest absolute Gasteiger partial charge is 0.233 e. The van der Waals surface area contributed by atoms with Crippen LogP contribution in [0.25, 0.3) is 0 Å². The van der Waals surface area contributed by atoms with Crippen molar-refractivity contribution in [3.63, 3.8) is 0 Å². The first-order valence-electron chi connectivity index (χ1n) is 9.45. The van der Waals surface area contributed by atoms with Crippen LogP contribution in [0.5, 0.6) is 0 Å². The van der Waals surface area contributed by atoms with Crippen LogP contribution in [0.4, 0.5) is 0 Å². The molecule has 0 N–H and O–H groups in total. The fourth-order valence-electron chi connectivity index (χ4n) is 3.30. The van der Waals surface area contributed by atoms with Gasteiger partial charge in [-0.3, -0.25) is 9.69 Å². The van der Waals surface area contributed by atoms with Crippen molar-refractivity contribution in [3.05, 3.63) is 65.3 Å². The van der Waals surface area contributed by atoms with E-state index in [1.54, 1.807) is 12.6 Å². The normalized spacial score (nSPS) is 15.0. The summed E-state index contributed by atoms with van der Waals surface area (Å²) < 4.78 is 7.26. The molecule has 152 valence electrons. The Labute approximate surface area is 178 Å². The Morgan fingerprint density at radius 1 is 1.14 bits per heavy atom. The van der Waals surface area contributed by atoms with Crippen molar-refractivity contribution in [2.24, 2.45) is 0 Å². The lowest BCUT2D eigenvalue weighted by Gasteiger charge is -2.34. The molecule has 1 aliphatic rings. The number of benzene rings is 1. The van der Waals surface area contributed by atoms with E-state index in [0.717, 1.165) is 43.5 Å². The summed E-state index contributed by atoms with van der Waals surface area (Å²) in [5, 5.41) is 9.56. The van der Waals surface area contributed by atoms with E-state index in [1.807, 2.05) is 39.8 Å². The van der Waals surface area contributed by atoms with Crippen molar-refractivity contribution >= 4 is 29.3 Å². The van der Waals surface area contributed by atoms with Gasteiger partial charge in [-0.1, -0.05) is 35.5 Å². The van der Waals surface area contributed by atoms with Gasteiger partial charge in [-0.15, -0.1) is 10.2 Å². The van der Waals surface area contributed by atoms with Gasteiger partial charge in [0.15, 0.2) is 5.16 Å². The molecule has 29 heavy (non-hydrogen) atoms. The quantitative estimate of drug-likeness (QED) is 0.536. The molecule has 9 heteroatoms. The molecule has 1 amide bonds. The van der Waals surface area contributed by atoms with E-state index in [0.29, 0.717) is 17.5 Å². The van der Waals surface area contributed by atoms with Gasteiger partial charge in [0.25, 0.3) is 0 Å². The maximum atomic E-state index is 12.6. The highest BCUT2D eigenvalue weighted by Crippen LogP contribution is 2.18. The lowest BCUT2D eigenvalue weighted by atomic mass is 10.2. The third-order valence-electron chi connectivity index (χ3n) is 4.83. The average molecular weight is 432 g/mol. The number of halogens is 1. The second kappa shape index (κ2) is 9.47. The zero-order valence-corrected chi connectivity index (χ0v) is 17.5. The van der Waals surface area contributed by atoms with E-state index < -0.39 is 0 Å². The molecule has 1 saturated heterocycles. The molecule has 0 aliphatic carbocycles. The molecule has 0 saturated carbocycles. The molecule has 0 spiro atoms. The molecular formula is C20H22ClN5O2S. The van der Waals surface area contributed by atoms with E-state index in [1.165, 1.54) is 17.3 Å². The number of thioether (sulfide) groups is 1. The van der Waals surface area contributed by atoms with Gasteiger partial charge in [0.05, 0.1) is 18.6 Å². The number of hydrogen-bond donors (Lipinski definition) is 0. The zero-order chi connectivity index (χ0) is 20.1. The highest BCUT2D eigenvalue weighted by Gasteiger charge is 2.22. The van der Waals surface area contributed by atoms with Crippen molar-refractivity contribution in [1.82, 2.24) is 24.6 Å². The van der Waals surface area contributed by atoms with Crippen LogP contribution >= 0.6 is 23.4 Å². The summed E-state index contributed by atoms with van der Waals surface area (Å²) in [5.41, 5.74) is 1.20. The van der Waals surface area contributed by atoms with E-state index in [2.05, 4.69) is 21.2 Å². The Morgan fingerprint density at radius 3 is 2.76 bits per heavy atom. The minimum absolute atomic E-state index is 0.130. The highest BCUT2D eigenvalue weighted by atomic mass is 35.5. The molecule has 3 heterocycles. The minimum atomic E-state index is 0.130. The Hall–Kier alpha value is -2.29. The Kier molecular flexibility index (Phi) is 6.53. The van der Waals surface area contributed by atoms with Gasteiger partial charge >= 0.3 is 0 Å². The monoisotopic (exact) mass is 431 g/mol. The first-order valence-corrected chi connectivity index (χ1v) is 10.8. The maximum Gasteiger partial charge on any atom is 0.233 e. The van der Waals surface area contributed by atoms with Gasteiger partial charge < -0.3 is 13.9 Å². The Bertz CT molecular complexity index is 938. The molecule has 0 unspecified atom stereocenters. The van der Waals surface area contributed by atoms with Crippen molar-refractivity contribution < 1.29 is 9.21 Å². The minimum Gasteiger partial charge on any atom is -0.467 e. The summed E-state index contributed by atoms with van der Waals surface area (Å²) >= 11 is 7.48. The predicted octanol–water partition coefficient (Wildman–Crippen LogP) is 3.01. The number of aromatic nitrogens is 3. The molecule has 1 aliphatic heterocycles. The van der Waals surface area contributed by atoms with E-state index >= 15 is 0 Å². The third kappa shape index (κ3) is 5.41. The summed E-state index contributed by atoms with van der Waals surface area (Å²) in [7, 11) is 0. The van der Waals surface area contributed by atoms with Crippen molar-refractivity contribution in [3.8, 4) is 0 Å². The molecule has 0 bridgehead atoms. The van der Waals surface area contributed by atoms with Crippen LogP contribution < -0.4 is 0 Å². The average Bonchev–Trinajstić information content (AvgIpc) is 3.39. The van der Waals surface area contributed by atoms with E-state index in [4.69, 9.17) is 16.0 Å².